The maximum absolute atomic E-state index is 12.2. The lowest BCUT2D eigenvalue weighted by Crippen LogP contribution is -2.25. The van der Waals surface area contributed by atoms with E-state index in [2.05, 4.69) is 41.2 Å². The minimum absolute atomic E-state index is 0.211. The fourth-order valence-electron chi connectivity index (χ4n) is 2.73. The number of nitrogens with zero attached hydrogens (tertiary/aromatic N) is 2. The van der Waals surface area contributed by atoms with Crippen LogP contribution in [-0.4, -0.2) is 16.9 Å². The maximum atomic E-state index is 12.2. The van der Waals surface area contributed by atoms with Crippen molar-refractivity contribution >= 4 is 23.0 Å². The van der Waals surface area contributed by atoms with Gasteiger partial charge in [-0.2, -0.15) is 0 Å². The van der Waals surface area contributed by atoms with Crippen molar-refractivity contribution in [2.24, 2.45) is 0 Å². The molecule has 3 aromatic rings. The molecular formula is C21H21N3O. The lowest BCUT2D eigenvalue weighted by Gasteiger charge is -2.29. The average molecular weight is 331 g/mol. The molecule has 4 nitrogen and oxygen atoms in total. The van der Waals surface area contributed by atoms with Crippen molar-refractivity contribution in [2.45, 2.75) is 19.9 Å². The van der Waals surface area contributed by atoms with Crippen molar-refractivity contribution < 1.29 is 4.79 Å². The molecular weight excluding hydrogens is 310 g/mol. The van der Waals surface area contributed by atoms with E-state index in [9.17, 15) is 4.79 Å². The van der Waals surface area contributed by atoms with Gasteiger partial charge in [-0.05, 0) is 62.4 Å². The first-order valence-corrected chi connectivity index (χ1v) is 8.32. The van der Waals surface area contributed by atoms with Crippen LogP contribution in [0, 0.1) is 0 Å². The van der Waals surface area contributed by atoms with Gasteiger partial charge in [-0.3, -0.25) is 9.78 Å². The number of amides is 1. The van der Waals surface area contributed by atoms with E-state index in [0.29, 0.717) is 11.7 Å². The van der Waals surface area contributed by atoms with Crippen molar-refractivity contribution in [3.05, 3.63) is 84.7 Å². The molecule has 0 saturated carbocycles. The van der Waals surface area contributed by atoms with Gasteiger partial charge < -0.3 is 10.2 Å². The molecule has 1 N–H and O–H groups in total. The first-order valence-electron chi connectivity index (χ1n) is 8.32. The molecule has 1 heterocycles. The lowest BCUT2D eigenvalue weighted by molar-refractivity contribution is 0.102. The van der Waals surface area contributed by atoms with E-state index < -0.39 is 0 Å². The zero-order valence-corrected chi connectivity index (χ0v) is 14.4. The molecule has 4 heteroatoms. The molecule has 1 amide bonds. The predicted molar refractivity (Wildman–Crippen MR) is 102 cm³/mol. The molecule has 0 radical (unpaired) electrons. The molecule has 3 rings (SSSR count). The second kappa shape index (κ2) is 7.62. The van der Waals surface area contributed by atoms with Gasteiger partial charge in [0.25, 0.3) is 5.91 Å². The molecule has 126 valence electrons. The summed E-state index contributed by atoms with van der Waals surface area (Å²) in [5, 5.41) is 2.87. The first-order chi connectivity index (χ1) is 12.1. The average Bonchev–Trinajstić information content (AvgIpc) is 2.65. The summed E-state index contributed by atoms with van der Waals surface area (Å²) in [5.74, 6) is -0.211. The van der Waals surface area contributed by atoms with E-state index in [0.717, 1.165) is 17.1 Å². The Bertz CT molecular complexity index is 815. The summed E-state index contributed by atoms with van der Waals surface area (Å²) in [6.07, 6.45) is 1.61. The number of carbonyl (C=O) groups is 1. The summed E-state index contributed by atoms with van der Waals surface area (Å²) in [6, 6.07) is 23.7. The van der Waals surface area contributed by atoms with Crippen molar-refractivity contribution in [1.82, 2.24) is 4.98 Å². The van der Waals surface area contributed by atoms with E-state index >= 15 is 0 Å². The summed E-state index contributed by atoms with van der Waals surface area (Å²) in [4.78, 5) is 18.5. The van der Waals surface area contributed by atoms with E-state index in [1.807, 2.05) is 42.5 Å². The Morgan fingerprint density at radius 3 is 2.12 bits per heavy atom. The van der Waals surface area contributed by atoms with E-state index in [4.69, 9.17) is 0 Å². The van der Waals surface area contributed by atoms with Gasteiger partial charge in [0.15, 0.2) is 0 Å². The summed E-state index contributed by atoms with van der Waals surface area (Å²) >= 11 is 0. The minimum Gasteiger partial charge on any atom is -0.339 e. The Kier molecular flexibility index (Phi) is 5.09. The van der Waals surface area contributed by atoms with Gasteiger partial charge in [0.05, 0.1) is 0 Å². The van der Waals surface area contributed by atoms with E-state index in [1.54, 1.807) is 24.4 Å². The number of rotatable bonds is 5. The molecule has 0 bridgehead atoms. The van der Waals surface area contributed by atoms with E-state index in [-0.39, 0.29) is 5.91 Å². The van der Waals surface area contributed by atoms with Crippen LogP contribution >= 0.6 is 0 Å². The molecule has 0 aliphatic rings. The maximum Gasteiger partial charge on any atom is 0.274 e. The van der Waals surface area contributed by atoms with Crippen LogP contribution in [0.5, 0.6) is 0 Å². The van der Waals surface area contributed by atoms with Crippen molar-refractivity contribution in [1.29, 1.82) is 0 Å². The molecule has 0 unspecified atom stereocenters. The Morgan fingerprint density at radius 2 is 1.52 bits per heavy atom. The minimum atomic E-state index is -0.211. The molecule has 25 heavy (non-hydrogen) atoms. The summed E-state index contributed by atoms with van der Waals surface area (Å²) in [7, 11) is 0. The molecule has 0 saturated heterocycles. The summed E-state index contributed by atoms with van der Waals surface area (Å²) in [5.41, 5.74) is 3.37. The number of aromatic nitrogens is 1. The number of para-hydroxylation sites is 1. The Labute approximate surface area is 148 Å². The van der Waals surface area contributed by atoms with Crippen molar-refractivity contribution in [3.8, 4) is 0 Å². The topological polar surface area (TPSA) is 45.2 Å². The summed E-state index contributed by atoms with van der Waals surface area (Å²) < 4.78 is 0. The van der Waals surface area contributed by atoms with Gasteiger partial charge in [-0.15, -0.1) is 0 Å². The number of benzene rings is 2. The Morgan fingerprint density at radius 1 is 0.880 bits per heavy atom. The fourth-order valence-corrected chi connectivity index (χ4v) is 2.73. The van der Waals surface area contributed by atoms with Crippen LogP contribution in [-0.2, 0) is 0 Å². The Balaban J connectivity index is 1.78. The van der Waals surface area contributed by atoms with Crippen LogP contribution in [0.4, 0.5) is 17.1 Å². The van der Waals surface area contributed by atoms with Crippen molar-refractivity contribution in [3.63, 3.8) is 0 Å². The zero-order chi connectivity index (χ0) is 17.6. The second-order valence-electron chi connectivity index (χ2n) is 6.02. The quantitative estimate of drug-likeness (QED) is 0.724. The zero-order valence-electron chi connectivity index (χ0n) is 14.4. The monoisotopic (exact) mass is 331 g/mol. The highest BCUT2D eigenvalue weighted by atomic mass is 16.1. The third kappa shape index (κ3) is 4.04. The standard InChI is InChI=1S/C21H21N3O/c1-16(2)24(18-8-4-3-5-9-18)19-13-11-17(12-14-19)23-21(25)20-10-6-7-15-22-20/h3-16H,1-2H3,(H,23,25). The Hall–Kier alpha value is -3.14. The number of carbonyl (C=O) groups excluding carboxylic acids is 1. The normalized spacial score (nSPS) is 10.5. The molecule has 2 aromatic carbocycles. The van der Waals surface area contributed by atoms with Gasteiger partial charge >= 0.3 is 0 Å². The highest BCUT2D eigenvalue weighted by Gasteiger charge is 2.13. The fraction of sp³-hybridized carbons (Fsp3) is 0.143. The third-order valence-electron chi connectivity index (χ3n) is 3.85. The largest absolute Gasteiger partial charge is 0.339 e. The molecule has 0 atom stereocenters. The predicted octanol–water partition coefficient (Wildman–Crippen LogP) is 4.88. The van der Waals surface area contributed by atoms with Crippen LogP contribution in [0.1, 0.15) is 24.3 Å². The third-order valence-corrected chi connectivity index (χ3v) is 3.85. The van der Waals surface area contributed by atoms with Crippen LogP contribution < -0.4 is 10.2 Å². The number of hydrogen-bond acceptors (Lipinski definition) is 3. The molecule has 1 aromatic heterocycles. The number of pyridine rings is 1. The number of nitrogens with one attached hydrogen (secondary N) is 1. The van der Waals surface area contributed by atoms with Crippen LogP contribution in [0.25, 0.3) is 0 Å². The second-order valence-corrected chi connectivity index (χ2v) is 6.02. The van der Waals surface area contributed by atoms with Crippen LogP contribution in [0.15, 0.2) is 79.0 Å². The molecule has 0 fully saturated rings. The smallest absolute Gasteiger partial charge is 0.274 e. The lowest BCUT2D eigenvalue weighted by atomic mass is 10.2. The van der Waals surface area contributed by atoms with Crippen LogP contribution in [0.2, 0.25) is 0 Å². The number of hydrogen-bond donors (Lipinski definition) is 1. The van der Waals surface area contributed by atoms with Crippen molar-refractivity contribution in [2.75, 3.05) is 10.2 Å². The van der Waals surface area contributed by atoms with E-state index in [1.165, 1.54) is 0 Å². The highest BCUT2D eigenvalue weighted by Crippen LogP contribution is 2.28. The number of anilines is 3. The van der Waals surface area contributed by atoms with Crippen LogP contribution in [0.3, 0.4) is 0 Å². The summed E-state index contributed by atoms with van der Waals surface area (Å²) in [6.45, 7) is 4.31. The molecule has 0 aliphatic heterocycles. The SMILES string of the molecule is CC(C)N(c1ccccc1)c1ccc(NC(=O)c2ccccn2)cc1. The van der Waals surface area contributed by atoms with Gasteiger partial charge in [-0.1, -0.05) is 24.3 Å². The first kappa shape index (κ1) is 16.7. The van der Waals surface area contributed by atoms with Gasteiger partial charge in [0, 0.05) is 29.3 Å². The molecule has 0 aliphatic carbocycles. The highest BCUT2D eigenvalue weighted by molar-refractivity contribution is 6.02. The van der Waals surface area contributed by atoms with Gasteiger partial charge in [0.2, 0.25) is 0 Å². The van der Waals surface area contributed by atoms with Gasteiger partial charge in [-0.25, -0.2) is 0 Å². The van der Waals surface area contributed by atoms with Gasteiger partial charge in [0.1, 0.15) is 5.69 Å². The molecule has 0 spiro atoms.